The van der Waals surface area contributed by atoms with E-state index in [0.29, 0.717) is 12.5 Å². The van der Waals surface area contributed by atoms with Crippen LogP contribution in [0.3, 0.4) is 0 Å². The molecule has 2 heterocycles. The highest BCUT2D eigenvalue weighted by Crippen LogP contribution is 2.22. The minimum absolute atomic E-state index is 0.0301. The second-order valence-electron chi connectivity index (χ2n) is 7.95. The smallest absolute Gasteiger partial charge is 0.332 e. The molecular weight excluding hydrogens is 390 g/mol. The Bertz CT molecular complexity index is 1040. The number of aryl methyl sites for hydroxylation is 2. The Morgan fingerprint density at radius 2 is 1.90 bits per heavy atom. The second kappa shape index (κ2) is 9.27. The third-order valence-corrected chi connectivity index (χ3v) is 5.74. The summed E-state index contributed by atoms with van der Waals surface area (Å²) in [6.45, 7) is 2.31. The van der Waals surface area contributed by atoms with Crippen LogP contribution in [0.15, 0.2) is 15.9 Å². The molecule has 1 aliphatic rings. The minimum Gasteiger partial charge on any atom is -0.452 e. The molecule has 1 fully saturated rings. The molecule has 1 N–H and O–H groups in total. The van der Waals surface area contributed by atoms with Crippen LogP contribution < -0.4 is 16.6 Å². The summed E-state index contributed by atoms with van der Waals surface area (Å²) in [4.78, 5) is 52.9. The number of hydrogen-bond acceptors (Lipinski definition) is 6. The lowest BCUT2D eigenvalue weighted by Crippen LogP contribution is -2.39. The minimum atomic E-state index is -0.880. The highest BCUT2D eigenvalue weighted by Gasteiger charge is 2.21. The summed E-state index contributed by atoms with van der Waals surface area (Å²) in [7, 11) is 2.92. The third kappa shape index (κ3) is 4.63. The molecule has 0 radical (unpaired) electrons. The molecule has 1 amide bonds. The predicted molar refractivity (Wildman–Crippen MR) is 110 cm³/mol. The van der Waals surface area contributed by atoms with Crippen LogP contribution in [0.25, 0.3) is 11.2 Å². The summed E-state index contributed by atoms with van der Waals surface area (Å²) in [6.07, 6.45) is 6.41. The van der Waals surface area contributed by atoms with E-state index >= 15 is 0 Å². The van der Waals surface area contributed by atoms with E-state index in [1.165, 1.54) is 48.8 Å². The van der Waals surface area contributed by atoms with Crippen molar-refractivity contribution in [3.63, 3.8) is 0 Å². The summed E-state index contributed by atoms with van der Waals surface area (Å²) in [5, 5.41) is 2.87. The topological polar surface area (TPSA) is 117 Å². The molecule has 2 aromatic heterocycles. The van der Waals surface area contributed by atoms with Gasteiger partial charge in [0.05, 0.1) is 12.7 Å². The molecule has 0 bridgehead atoms. The van der Waals surface area contributed by atoms with Gasteiger partial charge in [0.2, 0.25) is 0 Å². The monoisotopic (exact) mass is 419 g/mol. The normalized spacial score (nSPS) is 15.8. The molecule has 1 atom stereocenters. The van der Waals surface area contributed by atoms with E-state index in [4.69, 9.17) is 4.74 Å². The number of ether oxygens (including phenoxy) is 1. The van der Waals surface area contributed by atoms with Crippen molar-refractivity contribution in [2.75, 3.05) is 6.54 Å². The van der Waals surface area contributed by atoms with Crippen LogP contribution in [0.5, 0.6) is 0 Å². The zero-order valence-corrected chi connectivity index (χ0v) is 17.7. The molecule has 0 saturated heterocycles. The van der Waals surface area contributed by atoms with Crippen molar-refractivity contribution in [3.05, 3.63) is 27.2 Å². The van der Waals surface area contributed by atoms with Crippen molar-refractivity contribution in [1.82, 2.24) is 24.0 Å². The number of nitrogens with one attached hydrogen (secondary N) is 1. The lowest BCUT2D eigenvalue weighted by molar-refractivity contribution is -0.155. The molecule has 10 heteroatoms. The molecule has 1 saturated carbocycles. The van der Waals surface area contributed by atoms with Gasteiger partial charge in [-0.3, -0.25) is 23.5 Å². The van der Waals surface area contributed by atoms with Crippen LogP contribution in [0, 0.1) is 5.92 Å². The van der Waals surface area contributed by atoms with Crippen molar-refractivity contribution in [2.45, 2.75) is 58.1 Å². The molecule has 3 rings (SSSR count). The number of nitrogens with zero attached hydrogens (tertiary/aromatic N) is 4. The number of hydrogen-bond donors (Lipinski definition) is 1. The Morgan fingerprint density at radius 3 is 2.60 bits per heavy atom. The van der Waals surface area contributed by atoms with E-state index < -0.39 is 23.3 Å². The van der Waals surface area contributed by atoms with Crippen molar-refractivity contribution in [2.24, 2.45) is 20.0 Å². The van der Waals surface area contributed by atoms with Crippen molar-refractivity contribution in [3.8, 4) is 0 Å². The summed E-state index contributed by atoms with van der Waals surface area (Å²) >= 11 is 0. The zero-order valence-electron chi connectivity index (χ0n) is 17.7. The Balaban J connectivity index is 1.55. The van der Waals surface area contributed by atoms with Crippen LogP contribution in [-0.4, -0.2) is 43.2 Å². The number of carbonyl (C=O) groups is 2. The van der Waals surface area contributed by atoms with Crippen LogP contribution in [-0.2, 0) is 35.0 Å². The lowest BCUT2D eigenvalue weighted by atomic mass is 9.89. The molecule has 1 unspecified atom stereocenters. The Kier molecular flexibility index (Phi) is 6.73. The molecule has 0 spiro atoms. The average molecular weight is 419 g/mol. The largest absolute Gasteiger partial charge is 0.452 e. The average Bonchev–Trinajstić information content (AvgIpc) is 3.18. The first-order valence-corrected chi connectivity index (χ1v) is 10.4. The molecule has 164 valence electrons. The van der Waals surface area contributed by atoms with Crippen molar-refractivity contribution in [1.29, 1.82) is 0 Å². The molecule has 0 aromatic carbocycles. The molecule has 1 aliphatic carbocycles. The van der Waals surface area contributed by atoms with E-state index in [-0.39, 0.29) is 30.0 Å². The van der Waals surface area contributed by atoms with Crippen LogP contribution in [0.4, 0.5) is 0 Å². The van der Waals surface area contributed by atoms with Crippen LogP contribution >= 0.6 is 0 Å². The highest BCUT2D eigenvalue weighted by molar-refractivity contribution is 5.83. The van der Waals surface area contributed by atoms with Gasteiger partial charge in [-0.25, -0.2) is 9.78 Å². The van der Waals surface area contributed by atoms with Gasteiger partial charge in [0.25, 0.3) is 11.5 Å². The third-order valence-electron chi connectivity index (χ3n) is 5.74. The van der Waals surface area contributed by atoms with Gasteiger partial charge in [-0.15, -0.1) is 0 Å². The molecule has 10 nitrogen and oxygen atoms in total. The second-order valence-corrected chi connectivity index (χ2v) is 7.95. The van der Waals surface area contributed by atoms with Crippen molar-refractivity contribution >= 4 is 23.0 Å². The van der Waals surface area contributed by atoms with Gasteiger partial charge < -0.3 is 14.6 Å². The molecular formula is C20H29N5O5. The Hall–Kier alpha value is -2.91. The Morgan fingerprint density at radius 1 is 1.20 bits per heavy atom. The van der Waals surface area contributed by atoms with Gasteiger partial charge in [0.15, 0.2) is 17.3 Å². The van der Waals surface area contributed by atoms with E-state index in [1.54, 1.807) is 6.92 Å². The summed E-state index contributed by atoms with van der Waals surface area (Å²) < 4.78 is 9.04. The van der Waals surface area contributed by atoms with E-state index in [0.717, 1.165) is 17.4 Å². The summed E-state index contributed by atoms with van der Waals surface area (Å²) in [5.41, 5.74) is -0.447. The van der Waals surface area contributed by atoms with Gasteiger partial charge in [0, 0.05) is 27.2 Å². The number of fused-ring (bicyclic) bond motifs is 1. The first-order valence-electron chi connectivity index (χ1n) is 10.4. The van der Waals surface area contributed by atoms with Gasteiger partial charge in [-0.1, -0.05) is 19.3 Å². The predicted octanol–water partition coefficient (Wildman–Crippen LogP) is 0.452. The first kappa shape index (κ1) is 21.8. The number of amides is 1. The maximum atomic E-state index is 12.4. The van der Waals surface area contributed by atoms with E-state index in [9.17, 15) is 19.2 Å². The number of rotatable bonds is 7. The fourth-order valence-corrected chi connectivity index (χ4v) is 3.87. The van der Waals surface area contributed by atoms with E-state index in [1.807, 2.05) is 0 Å². The van der Waals surface area contributed by atoms with Crippen molar-refractivity contribution < 1.29 is 14.3 Å². The number of imidazole rings is 1. The molecule has 2 aromatic rings. The quantitative estimate of drug-likeness (QED) is 0.652. The fourth-order valence-electron chi connectivity index (χ4n) is 3.87. The Labute approximate surface area is 173 Å². The zero-order chi connectivity index (χ0) is 21.8. The molecule has 0 aliphatic heterocycles. The maximum Gasteiger partial charge on any atom is 0.332 e. The highest BCUT2D eigenvalue weighted by atomic mass is 16.5. The fraction of sp³-hybridized carbons (Fsp3) is 0.650. The lowest BCUT2D eigenvalue weighted by Gasteiger charge is -2.22. The van der Waals surface area contributed by atoms with Crippen LogP contribution in [0.2, 0.25) is 0 Å². The summed E-state index contributed by atoms with van der Waals surface area (Å²) in [5.74, 6) is -0.344. The van der Waals surface area contributed by atoms with Gasteiger partial charge >= 0.3 is 11.7 Å². The number of carbonyl (C=O) groups excluding carboxylic acids is 2. The summed E-state index contributed by atoms with van der Waals surface area (Å²) in [6, 6.07) is 0. The molecule has 30 heavy (non-hydrogen) atoms. The van der Waals surface area contributed by atoms with Gasteiger partial charge in [-0.2, -0.15) is 0 Å². The van der Waals surface area contributed by atoms with Gasteiger partial charge in [0.1, 0.15) is 0 Å². The van der Waals surface area contributed by atoms with Gasteiger partial charge in [-0.05, 0) is 25.7 Å². The van der Waals surface area contributed by atoms with E-state index in [2.05, 4.69) is 10.3 Å². The standard InChI is InChI=1S/C20H29N5O5/c1-13(18(27)21-11-14-7-5-4-6-8-14)30-15(26)9-10-25-12-22-17-16(25)19(28)24(3)20(29)23(17)2/h12-14H,4-11H2,1-3H3,(H,21,27). The SMILES string of the molecule is CC(OC(=O)CCn1cnc2c1c(=O)n(C)c(=O)n2C)C(=O)NCC1CCCCC1. The number of esters is 1. The number of aromatic nitrogens is 4. The first-order chi connectivity index (χ1) is 14.3. The van der Waals surface area contributed by atoms with Crippen LogP contribution in [0.1, 0.15) is 45.4 Å². The maximum absolute atomic E-state index is 12.4.